The Morgan fingerprint density at radius 3 is 2.69 bits per heavy atom. The molecule has 0 aliphatic heterocycles. The zero-order valence-corrected chi connectivity index (χ0v) is 8.52. The lowest BCUT2D eigenvalue weighted by atomic mass is 10.1. The highest BCUT2D eigenvalue weighted by molar-refractivity contribution is 6.29. The van der Waals surface area contributed by atoms with Crippen LogP contribution in [0.1, 0.15) is 17.5 Å². The molecule has 1 heterocycles. The third kappa shape index (κ3) is 3.15. The molecule has 0 fully saturated rings. The van der Waals surface area contributed by atoms with Gasteiger partial charge in [-0.1, -0.05) is 23.4 Å². The molecule has 0 aromatic carbocycles. The van der Waals surface area contributed by atoms with Crippen LogP contribution in [-0.4, -0.2) is 4.98 Å². The fraction of sp³-hybridized carbons (Fsp3) is 0.200. The molecular weight excluding hydrogens is 241 g/mol. The summed E-state index contributed by atoms with van der Waals surface area (Å²) in [7, 11) is 0. The third-order valence-corrected chi connectivity index (χ3v) is 1.77. The van der Waals surface area contributed by atoms with Gasteiger partial charge in [-0.05, 0) is 6.07 Å². The molecule has 1 aromatic rings. The molecular formula is C10H4ClF3N2. The number of hydrogen-bond donors (Lipinski definition) is 0. The minimum atomic E-state index is -4.53. The van der Waals surface area contributed by atoms with Crippen molar-refractivity contribution < 1.29 is 13.2 Å². The number of nitriles is 1. The van der Waals surface area contributed by atoms with Crippen LogP contribution in [0, 0.1) is 23.2 Å². The zero-order valence-electron chi connectivity index (χ0n) is 7.77. The van der Waals surface area contributed by atoms with Crippen molar-refractivity contribution in [2.24, 2.45) is 0 Å². The second-order valence-corrected chi connectivity index (χ2v) is 3.07. The fourth-order valence-corrected chi connectivity index (χ4v) is 1.10. The highest BCUT2D eigenvalue weighted by atomic mass is 35.5. The van der Waals surface area contributed by atoms with Crippen LogP contribution in [-0.2, 0) is 6.18 Å². The van der Waals surface area contributed by atoms with Gasteiger partial charge in [0.2, 0.25) is 0 Å². The summed E-state index contributed by atoms with van der Waals surface area (Å²) in [5, 5.41) is 8.14. The average molecular weight is 245 g/mol. The van der Waals surface area contributed by atoms with Gasteiger partial charge in [0.05, 0.1) is 18.1 Å². The Bertz CT molecular complexity index is 492. The van der Waals surface area contributed by atoms with Gasteiger partial charge in [-0.3, -0.25) is 0 Å². The predicted molar refractivity (Wildman–Crippen MR) is 51.4 cm³/mol. The van der Waals surface area contributed by atoms with Crippen molar-refractivity contribution >= 4 is 11.6 Å². The Morgan fingerprint density at radius 1 is 1.44 bits per heavy atom. The third-order valence-electron chi connectivity index (χ3n) is 1.57. The summed E-state index contributed by atoms with van der Waals surface area (Å²) in [6.45, 7) is 0. The average Bonchev–Trinajstić information content (AvgIpc) is 2.16. The first-order chi connectivity index (χ1) is 7.45. The monoisotopic (exact) mass is 244 g/mol. The Kier molecular flexibility index (Phi) is 3.76. The molecule has 0 unspecified atom stereocenters. The number of halogens is 4. The Labute approximate surface area is 94.7 Å². The first kappa shape index (κ1) is 12.4. The fourth-order valence-electron chi connectivity index (χ4n) is 0.938. The first-order valence-corrected chi connectivity index (χ1v) is 4.41. The maximum atomic E-state index is 12.5. The summed E-state index contributed by atoms with van der Waals surface area (Å²) in [6, 6.07) is 2.73. The van der Waals surface area contributed by atoms with Crippen LogP contribution in [0.3, 0.4) is 0 Å². The Hall–Kier alpha value is -1.72. The second kappa shape index (κ2) is 4.87. The molecule has 0 radical (unpaired) electrons. The summed E-state index contributed by atoms with van der Waals surface area (Å²) in [6.07, 6.45) is -4.05. The lowest BCUT2D eigenvalue weighted by molar-refractivity contribution is -0.138. The zero-order chi connectivity index (χ0) is 12.2. The van der Waals surface area contributed by atoms with E-state index in [1.54, 1.807) is 6.07 Å². The number of alkyl halides is 3. The molecule has 0 aliphatic rings. The number of nitrogens with zero attached hydrogens (tertiary/aromatic N) is 2. The van der Waals surface area contributed by atoms with Crippen molar-refractivity contribution in [3.05, 3.63) is 28.5 Å². The maximum Gasteiger partial charge on any atom is 0.419 e. The van der Waals surface area contributed by atoms with Crippen LogP contribution in [0.25, 0.3) is 0 Å². The van der Waals surface area contributed by atoms with Gasteiger partial charge in [0.15, 0.2) is 0 Å². The van der Waals surface area contributed by atoms with Crippen molar-refractivity contribution in [2.45, 2.75) is 12.6 Å². The van der Waals surface area contributed by atoms with Gasteiger partial charge in [-0.25, -0.2) is 4.98 Å². The summed E-state index contributed by atoms with van der Waals surface area (Å²) < 4.78 is 37.4. The van der Waals surface area contributed by atoms with Gasteiger partial charge in [0.25, 0.3) is 0 Å². The first-order valence-electron chi connectivity index (χ1n) is 4.03. The molecule has 1 rings (SSSR count). The smallest absolute Gasteiger partial charge is 0.244 e. The molecule has 0 saturated carbocycles. The van der Waals surface area contributed by atoms with Crippen molar-refractivity contribution in [3.8, 4) is 17.9 Å². The van der Waals surface area contributed by atoms with Gasteiger partial charge >= 0.3 is 6.18 Å². The van der Waals surface area contributed by atoms with Crippen LogP contribution in [0.2, 0.25) is 5.15 Å². The molecule has 0 atom stereocenters. The van der Waals surface area contributed by atoms with E-state index < -0.39 is 11.7 Å². The van der Waals surface area contributed by atoms with Crippen LogP contribution in [0.5, 0.6) is 0 Å². The standard InChI is InChI=1S/C10H4ClF3N2/c11-9-5-7(3-1-2-4-15)8(6-16-9)10(12,13)14/h5-6H,2H2. The molecule has 1 aromatic heterocycles. The minimum absolute atomic E-state index is 0.0748. The molecule has 2 nitrogen and oxygen atoms in total. The van der Waals surface area contributed by atoms with Crippen LogP contribution in [0.4, 0.5) is 13.2 Å². The Morgan fingerprint density at radius 2 is 2.12 bits per heavy atom. The Balaban J connectivity index is 3.22. The molecule has 0 N–H and O–H groups in total. The molecule has 0 aliphatic carbocycles. The van der Waals surface area contributed by atoms with Crippen LogP contribution in [0.15, 0.2) is 12.3 Å². The van der Waals surface area contributed by atoms with E-state index in [4.69, 9.17) is 16.9 Å². The van der Waals surface area contributed by atoms with Crippen molar-refractivity contribution in [1.29, 1.82) is 5.26 Å². The number of rotatable bonds is 0. The van der Waals surface area contributed by atoms with E-state index in [-0.39, 0.29) is 17.1 Å². The topological polar surface area (TPSA) is 36.7 Å². The summed E-state index contributed by atoms with van der Waals surface area (Å²) in [5.74, 6) is 4.54. The summed E-state index contributed by atoms with van der Waals surface area (Å²) >= 11 is 5.47. The van der Waals surface area contributed by atoms with E-state index in [2.05, 4.69) is 16.8 Å². The van der Waals surface area contributed by atoms with E-state index in [1.165, 1.54) is 0 Å². The SMILES string of the molecule is N#CCC#Cc1cc(Cl)ncc1C(F)(F)F. The normalized spacial score (nSPS) is 10.2. The van der Waals surface area contributed by atoms with Gasteiger partial charge in [-0.2, -0.15) is 18.4 Å². The van der Waals surface area contributed by atoms with E-state index in [0.717, 1.165) is 6.07 Å². The van der Waals surface area contributed by atoms with Crippen LogP contribution < -0.4 is 0 Å². The number of aromatic nitrogens is 1. The van der Waals surface area contributed by atoms with Gasteiger partial charge < -0.3 is 0 Å². The second-order valence-electron chi connectivity index (χ2n) is 2.69. The predicted octanol–water partition coefficient (Wildman–Crippen LogP) is 3.02. The van der Waals surface area contributed by atoms with Crippen molar-refractivity contribution in [1.82, 2.24) is 4.98 Å². The highest BCUT2D eigenvalue weighted by Gasteiger charge is 2.33. The molecule has 0 amide bonds. The van der Waals surface area contributed by atoms with E-state index >= 15 is 0 Å². The van der Waals surface area contributed by atoms with E-state index in [0.29, 0.717) is 6.20 Å². The molecule has 16 heavy (non-hydrogen) atoms. The van der Waals surface area contributed by atoms with Crippen molar-refractivity contribution in [2.75, 3.05) is 0 Å². The summed E-state index contributed by atoms with van der Waals surface area (Å²) in [4.78, 5) is 3.35. The largest absolute Gasteiger partial charge is 0.419 e. The van der Waals surface area contributed by atoms with Gasteiger partial charge in [0, 0.05) is 11.8 Å². The molecule has 0 spiro atoms. The highest BCUT2D eigenvalue weighted by Crippen LogP contribution is 2.31. The van der Waals surface area contributed by atoms with Crippen LogP contribution >= 0.6 is 11.6 Å². The van der Waals surface area contributed by atoms with Gasteiger partial charge in [0.1, 0.15) is 5.15 Å². The lowest BCUT2D eigenvalue weighted by Crippen LogP contribution is -2.08. The number of pyridine rings is 1. The maximum absolute atomic E-state index is 12.5. The molecule has 0 bridgehead atoms. The molecule has 6 heteroatoms. The van der Waals surface area contributed by atoms with Crippen molar-refractivity contribution in [3.63, 3.8) is 0 Å². The van der Waals surface area contributed by atoms with E-state index in [9.17, 15) is 13.2 Å². The lowest BCUT2D eigenvalue weighted by Gasteiger charge is -2.08. The van der Waals surface area contributed by atoms with E-state index in [1.807, 2.05) is 0 Å². The number of hydrogen-bond acceptors (Lipinski definition) is 2. The summed E-state index contributed by atoms with van der Waals surface area (Å²) in [5.41, 5.74) is -1.23. The van der Waals surface area contributed by atoms with Gasteiger partial charge in [-0.15, -0.1) is 0 Å². The minimum Gasteiger partial charge on any atom is -0.244 e. The quantitative estimate of drug-likeness (QED) is 0.520. The molecule has 0 saturated heterocycles. The molecule has 82 valence electrons.